The number of hydrogen-bond acceptors (Lipinski definition) is 8. The van der Waals surface area contributed by atoms with E-state index in [4.69, 9.17) is 4.18 Å². The quantitative estimate of drug-likeness (QED) is 0.0383. The predicted octanol–water partition coefficient (Wildman–Crippen LogP) is 7.50. The van der Waals surface area contributed by atoms with Gasteiger partial charge in [-0.3, -0.25) is 4.18 Å². The summed E-state index contributed by atoms with van der Waals surface area (Å²) in [7, 11) is -9.91. The molecule has 0 atom stereocenters. The summed E-state index contributed by atoms with van der Waals surface area (Å²) in [6.45, 7) is 1.45. The number of hydrogen-bond donors (Lipinski definition) is 0. The summed E-state index contributed by atoms with van der Waals surface area (Å²) < 4.78 is 89.5. The van der Waals surface area contributed by atoms with E-state index in [1.165, 1.54) is 26.8 Å². The lowest BCUT2D eigenvalue weighted by atomic mass is 10.1. The average molecular weight is 721 g/mol. The van der Waals surface area contributed by atoms with Crippen LogP contribution in [0, 0.1) is 6.92 Å². The van der Waals surface area contributed by atoms with Crippen LogP contribution in [0.5, 0.6) is 0 Å². The lowest BCUT2D eigenvalue weighted by Gasteiger charge is -2.17. The van der Waals surface area contributed by atoms with Gasteiger partial charge in [0.1, 0.15) is 0 Å². The second kappa shape index (κ2) is 18.8. The summed E-state index contributed by atoms with van der Waals surface area (Å²) in [5, 5.41) is -5.09. The standard InChI is InChI=1S/C18H15S.C17H24F2O8S2/c1-4-10-16(11-5-1)19(17-12-6-2-7-13-17)18-14-8-3-9-15-18;1-14-8-10-15(11-9-14)28(21,22)27-13-7-5-3-2-4-6-12-26-16(20)17(18,19)29(23,24)25/h1-15H;8-11H,2-7,12-13H2,1H3,(H,23,24,25)/q+1;/p-1. The van der Waals surface area contributed by atoms with Gasteiger partial charge >= 0.3 is 11.2 Å². The Labute approximate surface area is 284 Å². The fourth-order valence-electron chi connectivity index (χ4n) is 4.28. The van der Waals surface area contributed by atoms with Gasteiger partial charge < -0.3 is 9.29 Å². The molecule has 0 N–H and O–H groups in total. The van der Waals surface area contributed by atoms with E-state index in [9.17, 15) is 35.0 Å². The predicted molar refractivity (Wildman–Crippen MR) is 179 cm³/mol. The number of halogens is 2. The van der Waals surface area contributed by atoms with Gasteiger partial charge in [-0.2, -0.15) is 17.2 Å². The maximum Gasteiger partial charge on any atom is 0.428 e. The largest absolute Gasteiger partial charge is 0.743 e. The first-order chi connectivity index (χ1) is 22.8. The first kappa shape index (κ1) is 38.8. The van der Waals surface area contributed by atoms with Crippen molar-refractivity contribution in [2.24, 2.45) is 0 Å². The zero-order valence-electron chi connectivity index (χ0n) is 26.4. The van der Waals surface area contributed by atoms with Gasteiger partial charge in [-0.1, -0.05) is 98.0 Å². The Bertz CT molecular complexity index is 1660. The van der Waals surface area contributed by atoms with Gasteiger partial charge in [-0.25, -0.2) is 13.2 Å². The number of ether oxygens (including phenoxy) is 1. The van der Waals surface area contributed by atoms with Gasteiger partial charge in [0, 0.05) is 0 Å². The van der Waals surface area contributed by atoms with E-state index in [0.29, 0.717) is 32.1 Å². The van der Waals surface area contributed by atoms with Crippen LogP contribution in [0.2, 0.25) is 0 Å². The van der Waals surface area contributed by atoms with Crippen molar-refractivity contribution in [3.05, 3.63) is 121 Å². The van der Waals surface area contributed by atoms with Crippen LogP contribution in [0.3, 0.4) is 0 Å². The molecule has 0 saturated carbocycles. The molecule has 0 amide bonds. The number of alkyl halides is 2. The Kier molecular flexibility index (Phi) is 15.2. The van der Waals surface area contributed by atoms with Crippen LogP contribution in [0.25, 0.3) is 0 Å². The molecule has 0 fully saturated rings. The number of benzene rings is 4. The number of aryl methyl sites for hydroxylation is 1. The van der Waals surface area contributed by atoms with Gasteiger partial charge in [-0.05, 0) is 68.3 Å². The fourth-order valence-corrected chi connectivity index (χ4v) is 7.59. The molecule has 0 unspecified atom stereocenters. The Morgan fingerprint density at radius 3 is 1.46 bits per heavy atom. The van der Waals surface area contributed by atoms with Gasteiger partial charge in [0.2, 0.25) is 0 Å². The molecule has 0 spiro atoms. The van der Waals surface area contributed by atoms with Gasteiger partial charge in [0.05, 0.1) is 29.0 Å². The molecule has 4 rings (SSSR count). The van der Waals surface area contributed by atoms with Crippen LogP contribution in [0.4, 0.5) is 8.78 Å². The molecular weight excluding hydrogens is 683 g/mol. The minimum absolute atomic E-state index is 0.0146. The Balaban J connectivity index is 0.000000281. The van der Waals surface area contributed by atoms with Crippen molar-refractivity contribution in [2.75, 3.05) is 13.2 Å². The first-order valence-electron chi connectivity index (χ1n) is 15.2. The number of esters is 1. The minimum Gasteiger partial charge on any atom is -0.743 e. The molecule has 0 aromatic heterocycles. The molecule has 0 aliphatic carbocycles. The molecule has 48 heavy (non-hydrogen) atoms. The molecule has 0 aliphatic rings. The maximum atomic E-state index is 12.9. The maximum absolute atomic E-state index is 12.9. The lowest BCUT2D eigenvalue weighted by Crippen LogP contribution is -2.39. The number of rotatable bonds is 16. The molecule has 13 heteroatoms. The molecule has 258 valence electrons. The van der Waals surface area contributed by atoms with Crippen LogP contribution in [0.1, 0.15) is 44.1 Å². The third-order valence-corrected chi connectivity index (χ3v) is 11.2. The molecule has 8 nitrogen and oxygen atoms in total. The molecular formula is C35H38F2O8S3. The summed E-state index contributed by atoms with van der Waals surface area (Å²) >= 11 is 0. The van der Waals surface area contributed by atoms with Crippen molar-refractivity contribution < 1.29 is 43.9 Å². The topological polar surface area (TPSA) is 127 Å². The highest BCUT2D eigenvalue weighted by Gasteiger charge is 2.48. The minimum atomic E-state index is -6.10. The van der Waals surface area contributed by atoms with Gasteiger partial charge in [-0.15, -0.1) is 0 Å². The summed E-state index contributed by atoms with van der Waals surface area (Å²) in [5.74, 6) is -2.38. The molecule has 4 aromatic rings. The van der Waals surface area contributed by atoms with E-state index in [1.807, 2.05) is 6.92 Å². The summed E-state index contributed by atoms with van der Waals surface area (Å²) in [6, 6.07) is 38.4. The van der Waals surface area contributed by atoms with E-state index in [-0.39, 0.29) is 28.8 Å². The van der Waals surface area contributed by atoms with Crippen LogP contribution in [-0.2, 0) is 44.8 Å². The second-order valence-electron chi connectivity index (χ2n) is 10.6. The third kappa shape index (κ3) is 12.1. The summed E-state index contributed by atoms with van der Waals surface area (Å²) in [4.78, 5) is 15.1. The van der Waals surface area contributed by atoms with Crippen LogP contribution < -0.4 is 0 Å². The zero-order valence-corrected chi connectivity index (χ0v) is 28.8. The van der Waals surface area contributed by atoms with Crippen LogP contribution in [-0.4, -0.2) is 45.8 Å². The Morgan fingerprint density at radius 1 is 0.646 bits per heavy atom. The Hall–Kier alpha value is -3.62. The molecule has 0 saturated heterocycles. The molecule has 0 aliphatic heterocycles. The molecule has 0 bridgehead atoms. The monoisotopic (exact) mass is 720 g/mol. The van der Waals surface area contributed by atoms with Crippen molar-refractivity contribution in [1.29, 1.82) is 0 Å². The van der Waals surface area contributed by atoms with E-state index in [2.05, 4.69) is 95.7 Å². The highest BCUT2D eigenvalue weighted by molar-refractivity contribution is 7.97. The number of carbonyl (C=O) groups is 1. The van der Waals surface area contributed by atoms with Crippen LogP contribution in [0.15, 0.2) is 135 Å². The van der Waals surface area contributed by atoms with E-state index < -0.39 is 38.1 Å². The molecule has 4 aromatic carbocycles. The second-order valence-corrected chi connectivity index (χ2v) is 15.6. The smallest absolute Gasteiger partial charge is 0.428 e. The molecule has 0 radical (unpaired) electrons. The SMILES string of the molecule is Cc1ccc(S(=O)(=O)OCCCCCCCCOC(=O)C(F)(F)S(=O)(=O)[O-])cc1.c1ccc([S+](c2ccccc2)c2ccccc2)cc1. The van der Waals surface area contributed by atoms with E-state index >= 15 is 0 Å². The van der Waals surface area contributed by atoms with Crippen molar-refractivity contribution in [3.8, 4) is 0 Å². The number of carbonyl (C=O) groups excluding carboxylic acids is 1. The summed E-state index contributed by atoms with van der Waals surface area (Å²) in [6.07, 6.45) is 3.30. The third-order valence-electron chi connectivity index (χ3n) is 6.81. The van der Waals surface area contributed by atoms with Crippen molar-refractivity contribution in [3.63, 3.8) is 0 Å². The lowest BCUT2D eigenvalue weighted by molar-refractivity contribution is -0.161. The average Bonchev–Trinajstić information content (AvgIpc) is 3.07. The summed E-state index contributed by atoms with van der Waals surface area (Å²) in [5.41, 5.74) is 0.933. The van der Waals surface area contributed by atoms with Crippen molar-refractivity contribution in [1.82, 2.24) is 0 Å². The van der Waals surface area contributed by atoms with Gasteiger partial charge in [0.15, 0.2) is 24.8 Å². The fraction of sp³-hybridized carbons (Fsp3) is 0.286. The van der Waals surface area contributed by atoms with Crippen molar-refractivity contribution in [2.45, 2.75) is 70.3 Å². The zero-order chi connectivity index (χ0) is 35.0. The first-order valence-corrected chi connectivity index (χ1v) is 19.2. The highest BCUT2D eigenvalue weighted by atomic mass is 32.2. The van der Waals surface area contributed by atoms with E-state index in [1.54, 1.807) is 12.1 Å². The highest BCUT2D eigenvalue weighted by Crippen LogP contribution is 2.30. The van der Waals surface area contributed by atoms with Gasteiger partial charge in [0.25, 0.3) is 10.1 Å². The van der Waals surface area contributed by atoms with Crippen LogP contribution >= 0.6 is 0 Å². The van der Waals surface area contributed by atoms with E-state index in [0.717, 1.165) is 5.56 Å². The molecule has 0 heterocycles. The van der Waals surface area contributed by atoms with Crippen molar-refractivity contribution >= 4 is 37.1 Å². The normalized spacial score (nSPS) is 11.9. The number of unbranched alkanes of at least 4 members (excludes halogenated alkanes) is 5. The Morgan fingerprint density at radius 2 is 1.04 bits per heavy atom.